The number of benzene rings is 2. The number of para-hydroxylation sites is 1. The molecule has 0 bridgehead atoms. The molecule has 0 atom stereocenters. The maximum Gasteiger partial charge on any atom is 0.243 e. The van der Waals surface area contributed by atoms with Crippen molar-refractivity contribution in [2.45, 2.75) is 23.1 Å². The number of aryl methyl sites for hydroxylation is 1. The quantitative estimate of drug-likeness (QED) is 0.629. The van der Waals surface area contributed by atoms with E-state index >= 15 is 0 Å². The van der Waals surface area contributed by atoms with Crippen LogP contribution in [0.5, 0.6) is 0 Å². The van der Waals surface area contributed by atoms with Crippen molar-refractivity contribution < 1.29 is 21.6 Å². The summed E-state index contributed by atoms with van der Waals surface area (Å²) in [5.74, 6) is -0.370. The van der Waals surface area contributed by atoms with Crippen LogP contribution in [0.4, 0.5) is 11.4 Å². The summed E-state index contributed by atoms with van der Waals surface area (Å²) in [5.41, 5.74) is 1.77. The van der Waals surface area contributed by atoms with E-state index in [2.05, 4.69) is 10.6 Å². The minimum atomic E-state index is -4.05. The molecule has 0 aliphatic rings. The summed E-state index contributed by atoms with van der Waals surface area (Å²) in [6.45, 7) is 1.77. The number of rotatable bonds is 7. The molecular formula is C17H21N3O5S2. The first-order valence-electron chi connectivity index (χ1n) is 8.01. The molecule has 0 aromatic heterocycles. The van der Waals surface area contributed by atoms with Crippen LogP contribution in [0.1, 0.15) is 12.5 Å². The molecular weight excluding hydrogens is 390 g/mol. The number of amides is 1. The maximum atomic E-state index is 12.2. The Labute approximate surface area is 158 Å². The van der Waals surface area contributed by atoms with Crippen molar-refractivity contribution >= 4 is 37.1 Å². The second kappa shape index (κ2) is 8.07. The van der Waals surface area contributed by atoms with Gasteiger partial charge in [-0.15, -0.1) is 0 Å². The van der Waals surface area contributed by atoms with E-state index in [1.165, 1.54) is 12.1 Å². The molecule has 2 rings (SSSR count). The first-order chi connectivity index (χ1) is 12.5. The van der Waals surface area contributed by atoms with Crippen LogP contribution in [0.15, 0.2) is 52.3 Å². The second-order valence-corrected chi connectivity index (χ2v) is 9.43. The third-order valence-electron chi connectivity index (χ3n) is 3.79. The van der Waals surface area contributed by atoms with Gasteiger partial charge in [-0.05, 0) is 36.2 Å². The van der Waals surface area contributed by atoms with Gasteiger partial charge in [-0.25, -0.2) is 22.0 Å². The number of carbonyl (C=O) groups excluding carboxylic acids is 1. The number of anilines is 2. The van der Waals surface area contributed by atoms with E-state index in [0.717, 1.165) is 24.3 Å². The lowest BCUT2D eigenvalue weighted by Crippen LogP contribution is -2.23. The van der Waals surface area contributed by atoms with Crippen molar-refractivity contribution in [2.75, 3.05) is 23.4 Å². The average Bonchev–Trinajstić information content (AvgIpc) is 2.58. The fraction of sp³-hybridized carbons (Fsp3) is 0.235. The largest absolute Gasteiger partial charge is 0.375 e. The molecule has 1 amide bonds. The molecule has 27 heavy (non-hydrogen) atoms. The third-order valence-corrected chi connectivity index (χ3v) is 5.84. The number of sulfone groups is 1. The van der Waals surface area contributed by atoms with Gasteiger partial charge in [0.1, 0.15) is 0 Å². The normalized spacial score (nSPS) is 11.8. The van der Waals surface area contributed by atoms with E-state index in [1.807, 2.05) is 19.1 Å². The highest BCUT2D eigenvalue weighted by Crippen LogP contribution is 2.24. The fourth-order valence-corrected chi connectivity index (χ4v) is 3.95. The molecule has 0 saturated carbocycles. The molecule has 0 heterocycles. The molecule has 8 nitrogen and oxygen atoms in total. The van der Waals surface area contributed by atoms with E-state index in [9.17, 15) is 21.6 Å². The lowest BCUT2D eigenvalue weighted by Gasteiger charge is -2.13. The fourth-order valence-electron chi connectivity index (χ4n) is 2.45. The van der Waals surface area contributed by atoms with Crippen LogP contribution in [0, 0.1) is 0 Å². The van der Waals surface area contributed by atoms with E-state index < -0.39 is 19.9 Å². The van der Waals surface area contributed by atoms with Crippen LogP contribution in [0.25, 0.3) is 0 Å². The van der Waals surface area contributed by atoms with E-state index in [-0.39, 0.29) is 27.9 Å². The van der Waals surface area contributed by atoms with E-state index in [0.29, 0.717) is 5.69 Å². The number of hydrogen-bond donors (Lipinski definition) is 3. The Morgan fingerprint density at radius 3 is 2.30 bits per heavy atom. The number of primary sulfonamides is 1. The Bertz CT molecular complexity index is 1060. The Morgan fingerprint density at radius 2 is 1.70 bits per heavy atom. The van der Waals surface area contributed by atoms with Gasteiger partial charge in [-0.3, -0.25) is 4.79 Å². The topological polar surface area (TPSA) is 135 Å². The smallest absolute Gasteiger partial charge is 0.243 e. The lowest BCUT2D eigenvalue weighted by atomic mass is 10.1. The van der Waals surface area contributed by atoms with Crippen LogP contribution in [0.3, 0.4) is 0 Å². The standard InChI is InChI=1S/C17H21N3O5S2/c1-3-12-6-4-5-7-14(12)20-17(21)11-19-15-9-8-13(27(18,24)25)10-16(15)26(2,22)23/h4-10,19H,3,11H2,1-2H3,(H,20,21)(H2,18,24,25). The van der Waals surface area contributed by atoms with Gasteiger partial charge in [0.15, 0.2) is 9.84 Å². The minimum absolute atomic E-state index is 0.115. The molecule has 2 aromatic carbocycles. The van der Waals surface area contributed by atoms with Crippen molar-refractivity contribution in [1.82, 2.24) is 0 Å². The van der Waals surface area contributed by atoms with Crippen LogP contribution in [-0.4, -0.2) is 35.5 Å². The van der Waals surface area contributed by atoms with Crippen molar-refractivity contribution in [3.8, 4) is 0 Å². The highest BCUT2D eigenvalue weighted by Gasteiger charge is 2.18. The summed E-state index contributed by atoms with van der Waals surface area (Å²) in [4.78, 5) is 11.6. The minimum Gasteiger partial charge on any atom is -0.375 e. The van der Waals surface area contributed by atoms with Crippen LogP contribution in [0.2, 0.25) is 0 Å². The van der Waals surface area contributed by atoms with E-state index in [4.69, 9.17) is 5.14 Å². The van der Waals surface area contributed by atoms with Crippen molar-refractivity contribution in [1.29, 1.82) is 0 Å². The first kappa shape index (κ1) is 20.9. The molecule has 0 saturated heterocycles. The molecule has 0 fully saturated rings. The predicted molar refractivity (Wildman–Crippen MR) is 104 cm³/mol. The molecule has 0 aliphatic heterocycles. The summed E-state index contributed by atoms with van der Waals surface area (Å²) in [5, 5.41) is 10.5. The number of nitrogens with one attached hydrogen (secondary N) is 2. The maximum absolute atomic E-state index is 12.2. The zero-order valence-corrected chi connectivity index (χ0v) is 16.5. The molecule has 4 N–H and O–H groups in total. The summed E-state index contributed by atoms with van der Waals surface area (Å²) in [6.07, 6.45) is 1.69. The third kappa shape index (κ3) is 5.52. The molecule has 146 valence electrons. The van der Waals surface area contributed by atoms with Gasteiger partial charge in [-0.2, -0.15) is 0 Å². The molecule has 0 unspecified atom stereocenters. The lowest BCUT2D eigenvalue weighted by molar-refractivity contribution is -0.114. The first-order valence-corrected chi connectivity index (χ1v) is 11.4. The highest BCUT2D eigenvalue weighted by molar-refractivity contribution is 7.91. The van der Waals surface area contributed by atoms with Crippen molar-refractivity contribution in [2.24, 2.45) is 5.14 Å². The van der Waals surface area contributed by atoms with Gasteiger partial charge in [0.2, 0.25) is 15.9 Å². The molecule has 0 radical (unpaired) electrons. The Kier molecular flexibility index (Phi) is 6.24. The van der Waals surface area contributed by atoms with Gasteiger partial charge in [0.05, 0.1) is 22.0 Å². The van der Waals surface area contributed by atoms with Gasteiger partial charge in [0, 0.05) is 11.9 Å². The zero-order valence-electron chi connectivity index (χ0n) is 14.9. The molecule has 10 heteroatoms. The van der Waals surface area contributed by atoms with Crippen LogP contribution in [-0.2, 0) is 31.1 Å². The van der Waals surface area contributed by atoms with Gasteiger partial charge >= 0.3 is 0 Å². The number of carbonyl (C=O) groups is 1. The van der Waals surface area contributed by atoms with Crippen LogP contribution < -0.4 is 15.8 Å². The summed E-state index contributed by atoms with van der Waals surface area (Å²) in [6, 6.07) is 10.8. The average molecular weight is 412 g/mol. The van der Waals surface area contributed by atoms with Gasteiger partial charge < -0.3 is 10.6 Å². The number of nitrogens with two attached hydrogens (primary N) is 1. The summed E-state index contributed by atoms with van der Waals surface area (Å²) >= 11 is 0. The van der Waals surface area contributed by atoms with Gasteiger partial charge in [-0.1, -0.05) is 25.1 Å². The number of sulfonamides is 1. The summed E-state index contributed by atoms with van der Waals surface area (Å²) in [7, 11) is -7.80. The van der Waals surface area contributed by atoms with Crippen molar-refractivity contribution in [3.63, 3.8) is 0 Å². The SMILES string of the molecule is CCc1ccccc1NC(=O)CNc1ccc(S(N)(=O)=O)cc1S(C)(=O)=O. The monoisotopic (exact) mass is 411 g/mol. The second-order valence-electron chi connectivity index (χ2n) is 5.89. The van der Waals surface area contributed by atoms with Crippen molar-refractivity contribution in [3.05, 3.63) is 48.0 Å². The van der Waals surface area contributed by atoms with Crippen LogP contribution >= 0.6 is 0 Å². The predicted octanol–water partition coefficient (Wildman–Crippen LogP) is 1.35. The van der Waals surface area contributed by atoms with Gasteiger partial charge in [0.25, 0.3) is 0 Å². The van der Waals surface area contributed by atoms with E-state index in [1.54, 1.807) is 12.1 Å². The zero-order chi connectivity index (χ0) is 20.2. The highest BCUT2D eigenvalue weighted by atomic mass is 32.2. The Balaban J connectivity index is 2.21. The summed E-state index contributed by atoms with van der Waals surface area (Å²) < 4.78 is 46.9. The molecule has 0 aliphatic carbocycles. The molecule has 0 spiro atoms. The Morgan fingerprint density at radius 1 is 1.04 bits per heavy atom. The Hall–Kier alpha value is -2.43. The molecule has 2 aromatic rings. The number of hydrogen-bond acceptors (Lipinski definition) is 6.